The van der Waals surface area contributed by atoms with Crippen LogP contribution in [0.15, 0.2) is 23.1 Å². The number of carbonyl (C=O) groups is 1. The summed E-state index contributed by atoms with van der Waals surface area (Å²) in [4.78, 5) is 20.8. The summed E-state index contributed by atoms with van der Waals surface area (Å²) in [5.74, 6) is -0.111. The van der Waals surface area contributed by atoms with Crippen LogP contribution in [-0.4, -0.2) is 84.7 Å². The molecule has 3 heterocycles. The van der Waals surface area contributed by atoms with Crippen molar-refractivity contribution in [1.29, 1.82) is 0 Å². The summed E-state index contributed by atoms with van der Waals surface area (Å²) < 4.78 is 32.3. The fraction of sp³-hybridized carbons (Fsp3) is 0.588. The highest BCUT2D eigenvalue weighted by atomic mass is 32.2. The zero-order chi connectivity index (χ0) is 19.6. The van der Waals surface area contributed by atoms with Crippen LogP contribution in [0.1, 0.15) is 19.3 Å². The number of amides is 1. The van der Waals surface area contributed by atoms with Crippen molar-refractivity contribution < 1.29 is 22.8 Å². The molecule has 10 nitrogen and oxygen atoms in total. The lowest BCUT2D eigenvalue weighted by Gasteiger charge is -2.26. The van der Waals surface area contributed by atoms with E-state index >= 15 is 0 Å². The lowest BCUT2D eigenvalue weighted by molar-refractivity contribution is -0.137. The van der Waals surface area contributed by atoms with E-state index in [2.05, 4.69) is 10.3 Å². The molecule has 0 bridgehead atoms. The maximum atomic E-state index is 12.9. The molecule has 2 fully saturated rings. The van der Waals surface area contributed by atoms with Crippen LogP contribution < -0.4 is 4.84 Å². The summed E-state index contributed by atoms with van der Waals surface area (Å²) in [5.41, 5.74) is 0.895. The molecule has 1 aromatic carbocycles. The van der Waals surface area contributed by atoms with Gasteiger partial charge in [0.2, 0.25) is 10.0 Å². The van der Waals surface area contributed by atoms with E-state index in [0.717, 1.165) is 37.2 Å². The maximum Gasteiger partial charge on any atom is 0.263 e. The van der Waals surface area contributed by atoms with Crippen LogP contribution in [0.2, 0.25) is 0 Å². The minimum atomic E-state index is -3.64. The third kappa shape index (κ3) is 3.82. The first-order valence-corrected chi connectivity index (χ1v) is 10.8. The standard InChI is InChI=1S/C17H23N5O5S/c23-17(20-6-2-1-3-7-20)13-27-22-16-12-14(4-5-15(16)18-19-22)28(24,25)21-8-10-26-11-9-21/h4-5,12H,1-3,6-11,13H2. The Morgan fingerprint density at radius 2 is 1.86 bits per heavy atom. The van der Waals surface area contributed by atoms with Crippen molar-refractivity contribution in [1.82, 2.24) is 24.4 Å². The average molecular weight is 409 g/mol. The van der Waals surface area contributed by atoms with Gasteiger partial charge in [-0.05, 0) is 42.7 Å². The normalized spacial score (nSPS) is 19.1. The predicted molar refractivity (Wildman–Crippen MR) is 99.0 cm³/mol. The molecule has 2 saturated heterocycles. The largest absolute Gasteiger partial charge is 0.385 e. The predicted octanol–water partition coefficient (Wildman–Crippen LogP) is -0.107. The number of sulfonamides is 1. The van der Waals surface area contributed by atoms with Gasteiger partial charge < -0.3 is 14.5 Å². The highest BCUT2D eigenvalue weighted by molar-refractivity contribution is 7.89. The summed E-state index contributed by atoms with van der Waals surface area (Å²) >= 11 is 0. The Morgan fingerprint density at radius 3 is 2.61 bits per heavy atom. The number of morpholine rings is 1. The molecule has 0 N–H and O–H groups in total. The molecule has 2 aromatic rings. The van der Waals surface area contributed by atoms with Crippen LogP contribution in [0.25, 0.3) is 11.0 Å². The van der Waals surface area contributed by atoms with Gasteiger partial charge in [0.25, 0.3) is 5.91 Å². The summed E-state index contributed by atoms with van der Waals surface area (Å²) in [6, 6.07) is 4.57. The Labute approximate surface area is 163 Å². The first kappa shape index (κ1) is 19.1. The molecule has 2 aliphatic heterocycles. The molecule has 2 aliphatic rings. The number of benzene rings is 1. The summed E-state index contributed by atoms with van der Waals surface area (Å²) in [6.07, 6.45) is 3.14. The highest BCUT2D eigenvalue weighted by Gasteiger charge is 2.27. The van der Waals surface area contributed by atoms with Crippen molar-refractivity contribution >= 4 is 27.0 Å². The number of hydrogen-bond acceptors (Lipinski definition) is 7. The summed E-state index contributed by atoms with van der Waals surface area (Å²) in [7, 11) is -3.64. The van der Waals surface area contributed by atoms with E-state index in [4.69, 9.17) is 9.57 Å². The highest BCUT2D eigenvalue weighted by Crippen LogP contribution is 2.21. The van der Waals surface area contributed by atoms with Crippen molar-refractivity contribution in [2.45, 2.75) is 24.2 Å². The second-order valence-electron chi connectivity index (χ2n) is 6.84. The summed E-state index contributed by atoms with van der Waals surface area (Å²) in [6.45, 7) is 2.70. The smallest absolute Gasteiger partial charge is 0.263 e. The molecule has 0 atom stereocenters. The molecule has 1 amide bonds. The van der Waals surface area contributed by atoms with Crippen molar-refractivity contribution in [3.05, 3.63) is 18.2 Å². The number of rotatable bonds is 5. The van der Waals surface area contributed by atoms with E-state index in [0.29, 0.717) is 37.3 Å². The van der Waals surface area contributed by atoms with Crippen LogP contribution in [0, 0.1) is 0 Å². The van der Waals surface area contributed by atoms with Gasteiger partial charge in [0.15, 0.2) is 6.61 Å². The van der Waals surface area contributed by atoms with Crippen LogP contribution in [0.3, 0.4) is 0 Å². The Balaban J connectivity index is 1.52. The molecular weight excluding hydrogens is 386 g/mol. The van der Waals surface area contributed by atoms with E-state index < -0.39 is 10.0 Å². The third-order valence-corrected chi connectivity index (χ3v) is 6.91. The molecule has 0 unspecified atom stereocenters. The molecule has 1 aromatic heterocycles. The van der Waals surface area contributed by atoms with E-state index in [-0.39, 0.29) is 17.4 Å². The maximum absolute atomic E-state index is 12.9. The van der Waals surface area contributed by atoms with E-state index in [1.807, 2.05) is 0 Å². The number of piperidine rings is 1. The zero-order valence-electron chi connectivity index (χ0n) is 15.5. The molecule has 0 spiro atoms. The Bertz CT molecular complexity index is 948. The molecule has 0 aliphatic carbocycles. The van der Waals surface area contributed by atoms with Gasteiger partial charge in [0.1, 0.15) is 11.0 Å². The van der Waals surface area contributed by atoms with Gasteiger partial charge in [-0.1, -0.05) is 4.85 Å². The number of likely N-dealkylation sites (tertiary alicyclic amines) is 1. The minimum Gasteiger partial charge on any atom is -0.385 e. The lowest BCUT2D eigenvalue weighted by atomic mass is 10.1. The van der Waals surface area contributed by atoms with Crippen molar-refractivity contribution in [2.75, 3.05) is 46.0 Å². The fourth-order valence-corrected chi connectivity index (χ4v) is 4.85. The molecular formula is C17H23N5O5S. The zero-order valence-corrected chi connectivity index (χ0v) is 16.3. The molecule has 152 valence electrons. The van der Waals surface area contributed by atoms with E-state index in [1.165, 1.54) is 16.4 Å². The molecule has 0 radical (unpaired) electrons. The topological polar surface area (TPSA) is 107 Å². The minimum absolute atomic E-state index is 0.111. The number of hydrogen-bond donors (Lipinski definition) is 0. The monoisotopic (exact) mass is 409 g/mol. The number of fused-ring (bicyclic) bond motifs is 1. The van der Waals surface area contributed by atoms with Crippen molar-refractivity contribution in [2.24, 2.45) is 0 Å². The average Bonchev–Trinajstić information content (AvgIpc) is 3.15. The summed E-state index contributed by atoms with van der Waals surface area (Å²) in [5, 5.41) is 7.87. The van der Waals surface area contributed by atoms with Gasteiger partial charge in [0.05, 0.1) is 18.1 Å². The molecule has 28 heavy (non-hydrogen) atoms. The van der Waals surface area contributed by atoms with Crippen LogP contribution in [-0.2, 0) is 19.6 Å². The lowest BCUT2D eigenvalue weighted by Crippen LogP contribution is -2.40. The molecule has 11 heteroatoms. The number of ether oxygens (including phenoxy) is 1. The first-order chi connectivity index (χ1) is 13.6. The van der Waals surface area contributed by atoms with Crippen LogP contribution in [0.4, 0.5) is 0 Å². The third-order valence-electron chi connectivity index (χ3n) is 5.01. The molecule has 4 rings (SSSR count). The van der Waals surface area contributed by atoms with E-state index in [9.17, 15) is 13.2 Å². The van der Waals surface area contributed by atoms with Gasteiger partial charge in [-0.15, -0.1) is 5.10 Å². The Hall–Kier alpha value is -2.24. The van der Waals surface area contributed by atoms with Crippen molar-refractivity contribution in [3.63, 3.8) is 0 Å². The Kier molecular flexibility index (Phi) is 5.47. The second-order valence-corrected chi connectivity index (χ2v) is 8.78. The van der Waals surface area contributed by atoms with Gasteiger partial charge >= 0.3 is 0 Å². The molecule has 0 saturated carbocycles. The van der Waals surface area contributed by atoms with Crippen molar-refractivity contribution in [3.8, 4) is 0 Å². The number of aromatic nitrogens is 3. The Morgan fingerprint density at radius 1 is 1.11 bits per heavy atom. The van der Waals surface area contributed by atoms with Crippen LogP contribution in [0.5, 0.6) is 0 Å². The second kappa shape index (κ2) is 8.02. The van der Waals surface area contributed by atoms with Gasteiger partial charge in [-0.2, -0.15) is 4.31 Å². The van der Waals surface area contributed by atoms with E-state index in [1.54, 1.807) is 11.0 Å². The first-order valence-electron chi connectivity index (χ1n) is 9.40. The number of carbonyl (C=O) groups excluding carboxylic acids is 1. The quantitative estimate of drug-likeness (QED) is 0.678. The number of nitrogens with zero attached hydrogens (tertiary/aromatic N) is 5. The van der Waals surface area contributed by atoms with Gasteiger partial charge in [-0.3, -0.25) is 4.79 Å². The SMILES string of the molecule is O=C(COn1nnc2ccc(S(=O)(=O)N3CCOCC3)cc21)N1CCCCC1. The van der Waals surface area contributed by atoms with Gasteiger partial charge in [-0.25, -0.2) is 8.42 Å². The van der Waals surface area contributed by atoms with Crippen LogP contribution >= 0.6 is 0 Å². The van der Waals surface area contributed by atoms with Gasteiger partial charge in [0, 0.05) is 26.2 Å². The fourth-order valence-electron chi connectivity index (χ4n) is 3.42.